The topological polar surface area (TPSA) is 48.5 Å². The van der Waals surface area contributed by atoms with Gasteiger partial charge in [-0.05, 0) is 31.0 Å². The average molecular weight is 274 g/mol. The van der Waals surface area contributed by atoms with E-state index in [0.717, 1.165) is 45.0 Å². The number of aromatic nitrogens is 1. The van der Waals surface area contributed by atoms with E-state index in [1.165, 1.54) is 0 Å². The molecule has 0 bridgehead atoms. The number of piperazine rings is 1. The van der Waals surface area contributed by atoms with Gasteiger partial charge in [0.05, 0.1) is 6.04 Å². The van der Waals surface area contributed by atoms with Gasteiger partial charge in [-0.15, -0.1) is 0 Å². The van der Waals surface area contributed by atoms with E-state index in [-0.39, 0.29) is 11.9 Å². The molecule has 0 radical (unpaired) electrons. The molecule has 1 aromatic heterocycles. The Labute approximate surface area is 120 Å². The van der Waals surface area contributed by atoms with Crippen molar-refractivity contribution in [3.05, 3.63) is 24.4 Å². The zero-order valence-electron chi connectivity index (χ0n) is 12.0. The van der Waals surface area contributed by atoms with Gasteiger partial charge in [0, 0.05) is 32.4 Å². The second-order valence-corrected chi connectivity index (χ2v) is 5.70. The molecule has 20 heavy (non-hydrogen) atoms. The standard InChI is InChI=1S/C15H22N4O/c1-12-5-7-17-14(12)15(20)19-10-8-18(9-11-19)13-4-2-3-6-16-13/h2-4,6,12,14,17H,5,7-11H2,1H3/t12-,14-/m0/s1. The van der Waals surface area contributed by atoms with Crippen LogP contribution in [0.1, 0.15) is 13.3 Å². The molecule has 2 saturated heterocycles. The van der Waals surface area contributed by atoms with Crippen molar-refractivity contribution in [2.75, 3.05) is 37.6 Å². The lowest BCUT2D eigenvalue weighted by Crippen LogP contribution is -2.54. The first-order chi connectivity index (χ1) is 9.75. The van der Waals surface area contributed by atoms with E-state index in [1.54, 1.807) is 0 Å². The molecule has 1 N–H and O–H groups in total. The van der Waals surface area contributed by atoms with Gasteiger partial charge < -0.3 is 15.1 Å². The lowest BCUT2D eigenvalue weighted by Gasteiger charge is -2.37. The highest BCUT2D eigenvalue weighted by Gasteiger charge is 2.33. The third-order valence-electron chi connectivity index (χ3n) is 4.36. The number of carbonyl (C=O) groups excluding carboxylic acids is 1. The van der Waals surface area contributed by atoms with Gasteiger partial charge in [0.1, 0.15) is 5.82 Å². The van der Waals surface area contributed by atoms with Gasteiger partial charge in [-0.25, -0.2) is 4.98 Å². The van der Waals surface area contributed by atoms with Gasteiger partial charge in [0.15, 0.2) is 0 Å². The number of nitrogens with one attached hydrogen (secondary N) is 1. The van der Waals surface area contributed by atoms with Crippen LogP contribution in [-0.4, -0.2) is 54.6 Å². The lowest BCUT2D eigenvalue weighted by atomic mass is 10.0. The molecule has 2 aliphatic heterocycles. The van der Waals surface area contributed by atoms with E-state index in [4.69, 9.17) is 0 Å². The first kappa shape index (κ1) is 13.4. The Morgan fingerprint density at radius 3 is 2.70 bits per heavy atom. The molecular weight excluding hydrogens is 252 g/mol. The van der Waals surface area contributed by atoms with Crippen molar-refractivity contribution in [3.63, 3.8) is 0 Å². The lowest BCUT2D eigenvalue weighted by molar-refractivity contribution is -0.134. The summed E-state index contributed by atoms with van der Waals surface area (Å²) in [6, 6.07) is 5.98. The van der Waals surface area contributed by atoms with E-state index < -0.39 is 0 Å². The number of anilines is 1. The zero-order valence-corrected chi connectivity index (χ0v) is 12.0. The number of hydrogen-bond acceptors (Lipinski definition) is 4. The first-order valence-electron chi connectivity index (χ1n) is 7.44. The third kappa shape index (κ3) is 2.63. The number of amides is 1. The molecule has 2 atom stereocenters. The molecule has 0 saturated carbocycles. The first-order valence-corrected chi connectivity index (χ1v) is 7.44. The van der Waals surface area contributed by atoms with Gasteiger partial charge in [-0.3, -0.25) is 4.79 Å². The maximum Gasteiger partial charge on any atom is 0.240 e. The predicted molar refractivity (Wildman–Crippen MR) is 78.6 cm³/mol. The average Bonchev–Trinajstić information content (AvgIpc) is 2.94. The molecule has 5 nitrogen and oxygen atoms in total. The van der Waals surface area contributed by atoms with Gasteiger partial charge >= 0.3 is 0 Å². The minimum absolute atomic E-state index is 0.0244. The van der Waals surface area contributed by atoms with E-state index in [0.29, 0.717) is 5.92 Å². The number of nitrogens with zero attached hydrogens (tertiary/aromatic N) is 3. The summed E-state index contributed by atoms with van der Waals surface area (Å²) in [7, 11) is 0. The van der Waals surface area contributed by atoms with Crippen molar-refractivity contribution in [3.8, 4) is 0 Å². The number of carbonyl (C=O) groups is 1. The normalized spacial score (nSPS) is 26.9. The molecule has 1 aromatic rings. The fourth-order valence-electron chi connectivity index (χ4n) is 3.06. The summed E-state index contributed by atoms with van der Waals surface area (Å²) >= 11 is 0. The maximum atomic E-state index is 12.5. The van der Waals surface area contributed by atoms with E-state index in [1.807, 2.05) is 29.3 Å². The Kier molecular flexibility index (Phi) is 3.87. The smallest absolute Gasteiger partial charge is 0.240 e. The second kappa shape index (κ2) is 5.79. The molecule has 0 spiro atoms. The predicted octanol–water partition coefficient (Wildman–Crippen LogP) is 0.728. The summed E-state index contributed by atoms with van der Waals surface area (Å²) in [4.78, 5) is 21.1. The molecule has 0 unspecified atom stereocenters. The molecule has 3 rings (SSSR count). The molecule has 1 amide bonds. The molecule has 5 heteroatoms. The van der Waals surface area contributed by atoms with E-state index >= 15 is 0 Å². The summed E-state index contributed by atoms with van der Waals surface area (Å²) in [5.41, 5.74) is 0. The Hall–Kier alpha value is -1.62. The highest BCUT2D eigenvalue weighted by Crippen LogP contribution is 2.18. The number of hydrogen-bond donors (Lipinski definition) is 1. The SMILES string of the molecule is C[C@H]1CCN[C@@H]1C(=O)N1CCN(c2ccccn2)CC1. The molecule has 108 valence electrons. The van der Waals surface area contributed by atoms with Crippen molar-refractivity contribution in [2.24, 2.45) is 5.92 Å². The van der Waals surface area contributed by atoms with Crippen LogP contribution in [0.5, 0.6) is 0 Å². The number of rotatable bonds is 2. The summed E-state index contributed by atoms with van der Waals surface area (Å²) < 4.78 is 0. The fourth-order valence-corrected chi connectivity index (χ4v) is 3.06. The quantitative estimate of drug-likeness (QED) is 0.863. The Morgan fingerprint density at radius 1 is 1.30 bits per heavy atom. The monoisotopic (exact) mass is 274 g/mol. The van der Waals surface area contributed by atoms with Crippen LogP contribution in [0, 0.1) is 5.92 Å². The van der Waals surface area contributed by atoms with Gasteiger partial charge in [0.2, 0.25) is 5.91 Å². The van der Waals surface area contributed by atoms with Crippen molar-refractivity contribution in [2.45, 2.75) is 19.4 Å². The van der Waals surface area contributed by atoms with Crippen molar-refractivity contribution in [1.29, 1.82) is 0 Å². The van der Waals surface area contributed by atoms with Gasteiger partial charge in [-0.2, -0.15) is 0 Å². The Morgan fingerprint density at radius 2 is 2.10 bits per heavy atom. The summed E-state index contributed by atoms with van der Waals surface area (Å²) in [5.74, 6) is 1.74. The van der Waals surface area contributed by atoms with Crippen molar-refractivity contribution < 1.29 is 4.79 Å². The van der Waals surface area contributed by atoms with Crippen LogP contribution >= 0.6 is 0 Å². The van der Waals surface area contributed by atoms with Crippen LogP contribution in [0.15, 0.2) is 24.4 Å². The molecule has 0 aromatic carbocycles. The Bertz CT molecular complexity index is 456. The number of pyridine rings is 1. The van der Waals surface area contributed by atoms with Gasteiger partial charge in [0.25, 0.3) is 0 Å². The summed E-state index contributed by atoms with van der Waals surface area (Å²) in [6.45, 7) is 6.44. The van der Waals surface area contributed by atoms with Crippen LogP contribution in [0.3, 0.4) is 0 Å². The third-order valence-corrected chi connectivity index (χ3v) is 4.36. The molecule has 0 aliphatic carbocycles. The second-order valence-electron chi connectivity index (χ2n) is 5.70. The van der Waals surface area contributed by atoms with Crippen LogP contribution in [0.25, 0.3) is 0 Å². The van der Waals surface area contributed by atoms with E-state index in [2.05, 4.69) is 22.1 Å². The summed E-state index contributed by atoms with van der Waals surface area (Å²) in [6.07, 6.45) is 2.92. The van der Waals surface area contributed by atoms with Crippen LogP contribution in [0.4, 0.5) is 5.82 Å². The highest BCUT2D eigenvalue weighted by molar-refractivity contribution is 5.82. The van der Waals surface area contributed by atoms with Crippen molar-refractivity contribution >= 4 is 11.7 Å². The largest absolute Gasteiger partial charge is 0.353 e. The van der Waals surface area contributed by atoms with Crippen LogP contribution in [-0.2, 0) is 4.79 Å². The summed E-state index contributed by atoms with van der Waals surface area (Å²) in [5, 5.41) is 3.33. The highest BCUT2D eigenvalue weighted by atomic mass is 16.2. The molecular formula is C15H22N4O. The minimum Gasteiger partial charge on any atom is -0.353 e. The minimum atomic E-state index is 0.0244. The Balaban J connectivity index is 1.57. The van der Waals surface area contributed by atoms with Gasteiger partial charge in [-0.1, -0.05) is 13.0 Å². The maximum absolute atomic E-state index is 12.5. The molecule has 3 heterocycles. The molecule has 2 fully saturated rings. The van der Waals surface area contributed by atoms with E-state index in [9.17, 15) is 4.79 Å². The van der Waals surface area contributed by atoms with Crippen LogP contribution in [0.2, 0.25) is 0 Å². The van der Waals surface area contributed by atoms with Crippen molar-refractivity contribution in [1.82, 2.24) is 15.2 Å². The fraction of sp³-hybridized carbons (Fsp3) is 0.600. The molecule has 2 aliphatic rings. The van der Waals surface area contributed by atoms with Crippen LogP contribution < -0.4 is 10.2 Å². The zero-order chi connectivity index (χ0) is 13.9.